The smallest absolute Gasteiger partial charge is 0.303 e. The number of Topliss-reactive ketones (excluding diaryl/α,β-unsaturated/α-hetero) is 1. The van der Waals surface area contributed by atoms with Crippen LogP contribution in [0.15, 0.2) is 18.2 Å². The fraction of sp³-hybridized carbons (Fsp3) is 0.429. The molecule has 106 valence electrons. The van der Waals surface area contributed by atoms with E-state index in [1.54, 1.807) is 12.1 Å². The number of carbonyl (C=O) groups is 2. The third kappa shape index (κ3) is 2.32. The summed E-state index contributed by atoms with van der Waals surface area (Å²) in [6.07, 6.45) is 1.42. The van der Waals surface area contributed by atoms with Crippen molar-refractivity contribution in [3.63, 3.8) is 0 Å². The molecule has 0 bridgehead atoms. The zero-order valence-corrected chi connectivity index (χ0v) is 11.7. The van der Waals surface area contributed by atoms with Crippen molar-refractivity contribution >= 4 is 29.0 Å². The molecule has 3 rings (SSSR count). The Morgan fingerprint density at radius 3 is 2.95 bits per heavy atom. The molecular formula is C14H16ClN2O3+. The van der Waals surface area contributed by atoms with Gasteiger partial charge in [0.05, 0.1) is 17.8 Å². The SMILES string of the molecule is O=C1C(=O)N(C[NH+]2CCC[C@H](O)C2)c2ccc(Cl)cc21. The second-order valence-corrected chi connectivity index (χ2v) is 5.82. The van der Waals surface area contributed by atoms with Gasteiger partial charge in [-0.05, 0) is 31.0 Å². The number of rotatable bonds is 2. The van der Waals surface area contributed by atoms with Gasteiger partial charge >= 0.3 is 5.91 Å². The van der Waals surface area contributed by atoms with Crippen molar-refractivity contribution in [3.05, 3.63) is 28.8 Å². The molecule has 2 heterocycles. The van der Waals surface area contributed by atoms with Gasteiger partial charge in [0.2, 0.25) is 0 Å². The fourth-order valence-corrected chi connectivity index (χ4v) is 3.09. The molecule has 1 amide bonds. The minimum Gasteiger partial charge on any atom is -0.387 e. The van der Waals surface area contributed by atoms with Crippen LogP contribution in [0.25, 0.3) is 0 Å². The molecule has 2 aliphatic heterocycles. The lowest BCUT2D eigenvalue weighted by atomic mass is 10.1. The molecule has 2 aliphatic rings. The highest BCUT2D eigenvalue weighted by Crippen LogP contribution is 2.30. The van der Waals surface area contributed by atoms with Gasteiger partial charge in [-0.3, -0.25) is 14.5 Å². The van der Waals surface area contributed by atoms with Gasteiger partial charge in [0.25, 0.3) is 5.78 Å². The van der Waals surface area contributed by atoms with Crippen molar-refractivity contribution in [1.82, 2.24) is 0 Å². The van der Waals surface area contributed by atoms with E-state index in [0.29, 0.717) is 29.5 Å². The van der Waals surface area contributed by atoms with Crippen molar-refractivity contribution in [2.75, 3.05) is 24.7 Å². The lowest BCUT2D eigenvalue weighted by molar-refractivity contribution is -0.907. The number of hydrogen-bond acceptors (Lipinski definition) is 3. The van der Waals surface area contributed by atoms with E-state index in [-0.39, 0.29) is 6.10 Å². The number of anilines is 1. The van der Waals surface area contributed by atoms with E-state index in [2.05, 4.69) is 0 Å². The maximum absolute atomic E-state index is 12.1. The molecule has 0 radical (unpaired) electrons. The van der Waals surface area contributed by atoms with E-state index < -0.39 is 11.7 Å². The summed E-state index contributed by atoms with van der Waals surface area (Å²) in [6, 6.07) is 4.93. The Balaban J connectivity index is 1.84. The Labute approximate surface area is 121 Å². The predicted molar refractivity (Wildman–Crippen MR) is 74.1 cm³/mol. The zero-order chi connectivity index (χ0) is 14.3. The van der Waals surface area contributed by atoms with Crippen LogP contribution in [0.2, 0.25) is 5.02 Å². The van der Waals surface area contributed by atoms with Crippen molar-refractivity contribution in [2.24, 2.45) is 0 Å². The molecule has 2 N–H and O–H groups in total. The summed E-state index contributed by atoms with van der Waals surface area (Å²) in [5.41, 5.74) is 0.997. The first kappa shape index (κ1) is 13.5. The molecule has 20 heavy (non-hydrogen) atoms. The van der Waals surface area contributed by atoms with Gasteiger partial charge in [0, 0.05) is 5.02 Å². The second kappa shape index (κ2) is 5.16. The largest absolute Gasteiger partial charge is 0.387 e. The predicted octanol–water partition coefficient (Wildman–Crippen LogP) is -0.134. The summed E-state index contributed by atoms with van der Waals surface area (Å²) in [5.74, 6) is -1.01. The molecule has 5 nitrogen and oxygen atoms in total. The van der Waals surface area contributed by atoms with Crippen LogP contribution in [-0.4, -0.2) is 42.7 Å². The molecular weight excluding hydrogens is 280 g/mol. The Morgan fingerprint density at radius 2 is 2.20 bits per heavy atom. The van der Waals surface area contributed by atoms with E-state index in [0.717, 1.165) is 24.3 Å². The maximum Gasteiger partial charge on any atom is 0.303 e. The number of aliphatic hydroxyl groups excluding tert-OH is 1. The summed E-state index contributed by atoms with van der Waals surface area (Å²) in [6.45, 7) is 1.93. The van der Waals surface area contributed by atoms with Gasteiger partial charge in [0.1, 0.15) is 12.6 Å². The summed E-state index contributed by atoms with van der Waals surface area (Å²) in [7, 11) is 0. The highest BCUT2D eigenvalue weighted by molar-refractivity contribution is 6.52. The van der Waals surface area contributed by atoms with Crippen LogP contribution in [0.3, 0.4) is 0 Å². The number of ketones is 1. The van der Waals surface area contributed by atoms with Crippen LogP contribution in [0.5, 0.6) is 0 Å². The first-order valence-electron chi connectivity index (χ1n) is 6.73. The van der Waals surface area contributed by atoms with Crippen LogP contribution in [0, 0.1) is 0 Å². The number of likely N-dealkylation sites (tertiary alicyclic amines) is 1. The minimum absolute atomic E-state index is 0.322. The van der Waals surface area contributed by atoms with Gasteiger partial charge in [-0.25, -0.2) is 0 Å². The molecule has 0 aliphatic carbocycles. The lowest BCUT2D eigenvalue weighted by Gasteiger charge is -2.30. The summed E-state index contributed by atoms with van der Waals surface area (Å²) < 4.78 is 0. The molecule has 1 aromatic rings. The van der Waals surface area contributed by atoms with Gasteiger partial charge in [0.15, 0.2) is 6.67 Å². The molecule has 0 saturated carbocycles. The van der Waals surface area contributed by atoms with Crippen LogP contribution in [-0.2, 0) is 4.79 Å². The quantitative estimate of drug-likeness (QED) is 0.747. The van der Waals surface area contributed by atoms with Crippen LogP contribution < -0.4 is 9.80 Å². The monoisotopic (exact) mass is 295 g/mol. The Hall–Kier alpha value is -1.43. The van der Waals surface area contributed by atoms with Crippen LogP contribution in [0.1, 0.15) is 23.2 Å². The number of hydrogen-bond donors (Lipinski definition) is 2. The third-order valence-corrected chi connectivity index (χ3v) is 4.14. The number of benzene rings is 1. The number of quaternary nitrogens is 1. The second-order valence-electron chi connectivity index (χ2n) is 5.38. The Morgan fingerprint density at radius 1 is 1.40 bits per heavy atom. The molecule has 2 atom stereocenters. The number of nitrogens with zero attached hydrogens (tertiary/aromatic N) is 1. The molecule has 0 aromatic heterocycles. The fourth-order valence-electron chi connectivity index (χ4n) is 2.92. The maximum atomic E-state index is 12.1. The van der Waals surface area contributed by atoms with E-state index in [1.807, 2.05) is 0 Å². The van der Waals surface area contributed by atoms with Gasteiger partial charge in [-0.15, -0.1) is 0 Å². The molecule has 6 heteroatoms. The number of nitrogens with one attached hydrogen (secondary N) is 1. The first-order chi connectivity index (χ1) is 9.56. The lowest BCUT2D eigenvalue weighted by Crippen LogP contribution is -3.15. The number of piperidine rings is 1. The van der Waals surface area contributed by atoms with Crippen molar-refractivity contribution < 1.29 is 19.6 Å². The average molecular weight is 296 g/mol. The molecule has 1 unspecified atom stereocenters. The molecule has 0 spiro atoms. The van der Waals surface area contributed by atoms with Crippen LogP contribution >= 0.6 is 11.6 Å². The molecule has 1 saturated heterocycles. The van der Waals surface area contributed by atoms with E-state index in [9.17, 15) is 14.7 Å². The minimum atomic E-state index is -0.505. The number of amides is 1. The number of halogens is 1. The molecule has 1 fully saturated rings. The number of fused-ring (bicyclic) bond motifs is 1. The molecule has 1 aromatic carbocycles. The van der Waals surface area contributed by atoms with Crippen molar-refractivity contribution in [2.45, 2.75) is 18.9 Å². The van der Waals surface area contributed by atoms with E-state index in [1.165, 1.54) is 11.0 Å². The van der Waals surface area contributed by atoms with Crippen molar-refractivity contribution in [1.29, 1.82) is 0 Å². The first-order valence-corrected chi connectivity index (χ1v) is 7.11. The third-order valence-electron chi connectivity index (χ3n) is 3.91. The zero-order valence-electron chi connectivity index (χ0n) is 10.9. The van der Waals surface area contributed by atoms with Gasteiger partial charge < -0.3 is 10.0 Å². The van der Waals surface area contributed by atoms with Crippen LogP contribution in [0.4, 0.5) is 5.69 Å². The summed E-state index contributed by atoms with van der Waals surface area (Å²) >= 11 is 5.87. The van der Waals surface area contributed by atoms with E-state index >= 15 is 0 Å². The summed E-state index contributed by atoms with van der Waals surface area (Å²) in [5, 5.41) is 10.1. The average Bonchev–Trinajstić information content (AvgIpc) is 2.64. The standard InChI is InChI=1S/C14H15ClN2O3/c15-9-3-4-12-11(6-9)13(19)14(20)17(12)8-16-5-1-2-10(18)7-16/h3-4,6,10,18H,1-2,5,7-8H2/p+1/t10-/m0/s1. The van der Waals surface area contributed by atoms with Gasteiger partial charge in [-0.1, -0.05) is 11.6 Å². The highest BCUT2D eigenvalue weighted by atomic mass is 35.5. The van der Waals surface area contributed by atoms with E-state index in [4.69, 9.17) is 11.6 Å². The Bertz CT molecular complexity index is 576. The number of carbonyl (C=O) groups excluding carboxylic acids is 2. The highest BCUT2D eigenvalue weighted by Gasteiger charge is 2.38. The Kier molecular flexibility index (Phi) is 3.50. The summed E-state index contributed by atoms with van der Waals surface area (Å²) in [4.78, 5) is 26.7. The topological polar surface area (TPSA) is 62.0 Å². The normalized spacial score (nSPS) is 26.0. The van der Waals surface area contributed by atoms with Gasteiger partial charge in [-0.2, -0.15) is 0 Å². The number of aliphatic hydroxyl groups is 1. The van der Waals surface area contributed by atoms with Crippen molar-refractivity contribution in [3.8, 4) is 0 Å².